The van der Waals surface area contributed by atoms with Crippen molar-refractivity contribution in [3.8, 4) is 0 Å². The van der Waals surface area contributed by atoms with Crippen LogP contribution in [0.2, 0.25) is 0 Å². The summed E-state index contributed by atoms with van der Waals surface area (Å²) in [7, 11) is 0. The van der Waals surface area contributed by atoms with Gasteiger partial charge in [-0.15, -0.1) is 0 Å². The molecule has 0 bridgehead atoms. The molecule has 2 aliphatic heterocycles. The molecule has 2 fully saturated rings. The molecule has 14 nitrogen and oxygen atoms in total. The summed E-state index contributed by atoms with van der Waals surface area (Å²) in [4.78, 5) is 9.61. The first kappa shape index (κ1) is 22.8. The topological polar surface area (TPSA) is 223 Å². The van der Waals surface area contributed by atoms with Gasteiger partial charge in [-0.05, 0) is 0 Å². The predicted molar refractivity (Wildman–Crippen MR) is 86.7 cm³/mol. The molecule has 0 aromatic carbocycles. The van der Waals surface area contributed by atoms with E-state index in [-0.39, 0.29) is 0 Å². The SMILES string of the molecule is OC[C@H]1O[C@@H](O/N=C\C=N/O[C@@H]2O[C@H](CO)[C@@H](O)[C@H](O)[C@H]2O)[C@H](O)[C@@H](O)[C@@H]1O. The van der Waals surface area contributed by atoms with Crippen LogP contribution in [0.1, 0.15) is 0 Å². The van der Waals surface area contributed by atoms with Gasteiger partial charge in [-0.3, -0.25) is 0 Å². The molecule has 2 heterocycles. The van der Waals surface area contributed by atoms with Crippen LogP contribution >= 0.6 is 0 Å². The standard InChI is InChI=1S/C14H24N2O12/c17-3-5-7(19)9(21)11(23)13(25-5)27-15-1-2-16-28-14-12(24)10(22)8(20)6(4-18)26-14/h1-2,5-14,17-24H,3-4H2/b15-1-,16-2-/t5-,6-,7-,8-,9+,10+,11-,12-,13+,14+/m1/s1. The van der Waals surface area contributed by atoms with E-state index in [0.717, 1.165) is 12.4 Å². The van der Waals surface area contributed by atoms with Crippen molar-refractivity contribution < 1.29 is 60.0 Å². The molecule has 8 N–H and O–H groups in total. The average Bonchev–Trinajstić information content (AvgIpc) is 2.70. The Labute approximate surface area is 158 Å². The van der Waals surface area contributed by atoms with E-state index in [9.17, 15) is 30.6 Å². The Hall–Kier alpha value is -1.46. The number of nitrogens with zero attached hydrogens (tertiary/aromatic N) is 2. The van der Waals surface area contributed by atoms with Crippen LogP contribution in [0.5, 0.6) is 0 Å². The number of aliphatic hydroxyl groups excluding tert-OH is 8. The summed E-state index contributed by atoms with van der Waals surface area (Å²) in [6, 6.07) is 0. The van der Waals surface area contributed by atoms with Crippen LogP contribution in [0.25, 0.3) is 0 Å². The van der Waals surface area contributed by atoms with E-state index in [4.69, 9.17) is 29.4 Å². The molecule has 2 saturated heterocycles. The quantitative estimate of drug-likeness (QED) is 0.145. The second-order valence-electron chi connectivity index (χ2n) is 6.11. The highest BCUT2D eigenvalue weighted by molar-refractivity contribution is 6.15. The zero-order chi connectivity index (χ0) is 20.8. The number of hydrogen-bond acceptors (Lipinski definition) is 14. The number of ether oxygens (including phenoxy) is 2. The van der Waals surface area contributed by atoms with E-state index < -0.39 is 74.6 Å². The molecule has 0 unspecified atom stereocenters. The van der Waals surface area contributed by atoms with Gasteiger partial charge in [0.25, 0.3) is 12.6 Å². The van der Waals surface area contributed by atoms with Gasteiger partial charge in [-0.2, -0.15) is 0 Å². The molecule has 0 aliphatic carbocycles. The molecular weight excluding hydrogens is 388 g/mol. The van der Waals surface area contributed by atoms with Gasteiger partial charge < -0.3 is 60.0 Å². The van der Waals surface area contributed by atoms with Crippen molar-refractivity contribution in [3.63, 3.8) is 0 Å². The van der Waals surface area contributed by atoms with Crippen LogP contribution in [0.4, 0.5) is 0 Å². The lowest BCUT2D eigenvalue weighted by Crippen LogP contribution is -2.58. The van der Waals surface area contributed by atoms with Crippen LogP contribution < -0.4 is 0 Å². The normalized spacial score (nSPS) is 44.9. The summed E-state index contributed by atoms with van der Waals surface area (Å²) in [5.74, 6) is 0. The third-order valence-electron chi connectivity index (χ3n) is 4.21. The Balaban J connectivity index is 1.82. The molecular formula is C14H24N2O12. The minimum atomic E-state index is -1.63. The van der Waals surface area contributed by atoms with E-state index in [2.05, 4.69) is 10.3 Å². The lowest BCUT2D eigenvalue weighted by molar-refractivity contribution is -0.301. The maximum Gasteiger partial charge on any atom is 0.256 e. The Morgan fingerprint density at radius 2 is 0.964 bits per heavy atom. The van der Waals surface area contributed by atoms with E-state index in [1.165, 1.54) is 0 Å². The minimum absolute atomic E-state index is 0.622. The Morgan fingerprint density at radius 3 is 1.29 bits per heavy atom. The van der Waals surface area contributed by atoms with Crippen molar-refractivity contribution in [2.24, 2.45) is 10.3 Å². The first-order valence-electron chi connectivity index (χ1n) is 8.29. The van der Waals surface area contributed by atoms with Crippen LogP contribution in [0.3, 0.4) is 0 Å². The van der Waals surface area contributed by atoms with Crippen molar-refractivity contribution in [1.82, 2.24) is 0 Å². The second kappa shape index (κ2) is 10.4. The zero-order valence-electron chi connectivity index (χ0n) is 14.4. The molecule has 0 amide bonds. The lowest BCUT2D eigenvalue weighted by Gasteiger charge is -2.38. The number of hydrogen-bond donors (Lipinski definition) is 8. The van der Waals surface area contributed by atoms with Crippen molar-refractivity contribution >= 4 is 12.4 Å². The molecule has 0 aromatic rings. The summed E-state index contributed by atoms with van der Waals surface area (Å²) in [5.41, 5.74) is 0. The average molecular weight is 412 g/mol. The monoisotopic (exact) mass is 412 g/mol. The highest BCUT2D eigenvalue weighted by Gasteiger charge is 2.46. The number of rotatable bonds is 7. The van der Waals surface area contributed by atoms with Gasteiger partial charge in [0.15, 0.2) is 0 Å². The fourth-order valence-electron chi connectivity index (χ4n) is 2.55. The summed E-state index contributed by atoms with van der Waals surface area (Å²) < 4.78 is 10.1. The molecule has 28 heavy (non-hydrogen) atoms. The Kier molecular flexibility index (Phi) is 8.44. The first-order valence-corrected chi connectivity index (χ1v) is 8.29. The zero-order valence-corrected chi connectivity index (χ0v) is 14.4. The van der Waals surface area contributed by atoms with Gasteiger partial charge >= 0.3 is 0 Å². The van der Waals surface area contributed by atoms with E-state index in [0.29, 0.717) is 0 Å². The van der Waals surface area contributed by atoms with Gasteiger partial charge in [-0.25, -0.2) is 0 Å². The predicted octanol–water partition coefficient (Wildman–Crippen LogP) is -5.41. The van der Waals surface area contributed by atoms with Crippen molar-refractivity contribution in [2.75, 3.05) is 13.2 Å². The highest BCUT2D eigenvalue weighted by Crippen LogP contribution is 2.23. The van der Waals surface area contributed by atoms with E-state index >= 15 is 0 Å². The molecule has 0 saturated carbocycles. The molecule has 14 heteroatoms. The maximum absolute atomic E-state index is 9.73. The third kappa shape index (κ3) is 5.12. The van der Waals surface area contributed by atoms with Gasteiger partial charge in [-0.1, -0.05) is 10.3 Å². The van der Waals surface area contributed by atoms with Crippen molar-refractivity contribution in [1.29, 1.82) is 0 Å². The van der Waals surface area contributed by atoms with Crippen LogP contribution in [0.15, 0.2) is 10.3 Å². The molecule has 2 aliphatic rings. The smallest absolute Gasteiger partial charge is 0.256 e. The number of aliphatic hydroxyl groups is 8. The van der Waals surface area contributed by atoms with Gasteiger partial charge in [0, 0.05) is 0 Å². The molecule has 2 rings (SSSR count). The fourth-order valence-corrected chi connectivity index (χ4v) is 2.55. The maximum atomic E-state index is 9.73. The molecule has 0 aromatic heterocycles. The summed E-state index contributed by atoms with van der Waals surface area (Å²) in [6.45, 7) is -1.24. The summed E-state index contributed by atoms with van der Waals surface area (Å²) in [6.07, 6.45) is -12.9. The minimum Gasteiger partial charge on any atom is -0.394 e. The van der Waals surface area contributed by atoms with Crippen LogP contribution in [-0.2, 0) is 19.1 Å². The third-order valence-corrected chi connectivity index (χ3v) is 4.21. The molecule has 162 valence electrons. The number of oxime groups is 2. The highest BCUT2D eigenvalue weighted by atomic mass is 16.8. The van der Waals surface area contributed by atoms with E-state index in [1.807, 2.05) is 0 Å². The van der Waals surface area contributed by atoms with Crippen molar-refractivity contribution in [3.05, 3.63) is 0 Å². The van der Waals surface area contributed by atoms with Gasteiger partial charge in [0.1, 0.15) is 48.8 Å². The lowest BCUT2D eigenvalue weighted by atomic mass is 9.99. The van der Waals surface area contributed by atoms with Crippen LogP contribution in [-0.4, -0.2) is 128 Å². The van der Waals surface area contributed by atoms with Crippen molar-refractivity contribution in [2.45, 2.75) is 61.4 Å². The summed E-state index contributed by atoms with van der Waals surface area (Å²) >= 11 is 0. The van der Waals surface area contributed by atoms with Gasteiger partial charge in [0.05, 0.1) is 25.6 Å². The Bertz CT molecular complexity index is 486. The van der Waals surface area contributed by atoms with Gasteiger partial charge in [0.2, 0.25) is 0 Å². The molecule has 0 radical (unpaired) electrons. The molecule has 10 atom stereocenters. The van der Waals surface area contributed by atoms with E-state index in [1.54, 1.807) is 0 Å². The summed E-state index contributed by atoms with van der Waals surface area (Å²) in [5, 5.41) is 82.8. The fraction of sp³-hybridized carbons (Fsp3) is 0.857. The first-order chi connectivity index (χ1) is 13.3. The van der Waals surface area contributed by atoms with Crippen LogP contribution in [0, 0.1) is 0 Å². The second-order valence-corrected chi connectivity index (χ2v) is 6.11. The molecule has 0 spiro atoms. The Morgan fingerprint density at radius 1 is 0.607 bits per heavy atom. The largest absolute Gasteiger partial charge is 0.394 e.